The number of phenols is 1. The molecular formula is C6H4F3NO3S. The fourth-order valence-electron chi connectivity index (χ4n) is 0.837. The molecule has 0 atom stereocenters. The molecule has 0 aliphatic rings. The first-order valence-electron chi connectivity index (χ1n) is 3.14. The number of nitrogens with two attached hydrogens (primary N) is 1. The molecule has 1 aromatic carbocycles. The number of sulfonamides is 1. The number of hydrogen-bond acceptors (Lipinski definition) is 3. The number of benzene rings is 1. The van der Waals surface area contributed by atoms with Gasteiger partial charge >= 0.3 is 0 Å². The van der Waals surface area contributed by atoms with Gasteiger partial charge < -0.3 is 5.11 Å². The summed E-state index contributed by atoms with van der Waals surface area (Å²) < 4.78 is 59.0. The number of rotatable bonds is 1. The fraction of sp³-hybridized carbons (Fsp3) is 0. The molecule has 1 aromatic rings. The highest BCUT2D eigenvalue weighted by Gasteiger charge is 2.25. The molecule has 0 fully saturated rings. The van der Waals surface area contributed by atoms with Crippen molar-refractivity contribution >= 4 is 10.0 Å². The Morgan fingerprint density at radius 3 is 2.14 bits per heavy atom. The molecule has 0 unspecified atom stereocenters. The van der Waals surface area contributed by atoms with Gasteiger partial charge in [-0.2, -0.15) is 0 Å². The van der Waals surface area contributed by atoms with Crippen molar-refractivity contribution < 1.29 is 26.7 Å². The van der Waals surface area contributed by atoms with Crippen LogP contribution in [0.15, 0.2) is 11.0 Å². The molecule has 8 heteroatoms. The molecule has 0 aliphatic heterocycles. The highest BCUT2D eigenvalue weighted by Crippen LogP contribution is 2.28. The summed E-state index contributed by atoms with van der Waals surface area (Å²) in [4.78, 5) is -1.46. The highest BCUT2D eigenvalue weighted by atomic mass is 32.2. The van der Waals surface area contributed by atoms with E-state index in [0.29, 0.717) is 0 Å². The molecule has 0 spiro atoms. The van der Waals surface area contributed by atoms with Crippen LogP contribution in [0.5, 0.6) is 5.75 Å². The predicted molar refractivity (Wildman–Crippen MR) is 39.4 cm³/mol. The summed E-state index contributed by atoms with van der Waals surface area (Å²) in [6, 6.07) is 0.123. The van der Waals surface area contributed by atoms with Crippen molar-refractivity contribution in [1.82, 2.24) is 0 Å². The topological polar surface area (TPSA) is 80.4 Å². The van der Waals surface area contributed by atoms with Crippen LogP contribution in [0.25, 0.3) is 0 Å². The second-order valence-corrected chi connectivity index (χ2v) is 3.88. The average molecular weight is 227 g/mol. The van der Waals surface area contributed by atoms with Gasteiger partial charge in [-0.15, -0.1) is 0 Å². The number of aromatic hydroxyl groups is 1. The summed E-state index contributed by atoms with van der Waals surface area (Å²) >= 11 is 0. The Hall–Kier alpha value is -1.28. The quantitative estimate of drug-likeness (QED) is 0.684. The maximum atomic E-state index is 12.8. The molecule has 0 amide bonds. The van der Waals surface area contributed by atoms with Gasteiger partial charge in [0.2, 0.25) is 10.0 Å². The van der Waals surface area contributed by atoms with Crippen LogP contribution in [0.2, 0.25) is 0 Å². The zero-order chi connectivity index (χ0) is 11.1. The zero-order valence-electron chi connectivity index (χ0n) is 6.46. The summed E-state index contributed by atoms with van der Waals surface area (Å²) in [5, 5.41) is 13.3. The molecule has 14 heavy (non-hydrogen) atoms. The zero-order valence-corrected chi connectivity index (χ0v) is 7.28. The van der Waals surface area contributed by atoms with Crippen LogP contribution in [-0.4, -0.2) is 13.5 Å². The number of phenolic OH excluding ortho intramolecular Hbond substituents is 1. The third-order valence-electron chi connectivity index (χ3n) is 1.38. The second kappa shape index (κ2) is 3.14. The minimum Gasteiger partial charge on any atom is -0.506 e. The van der Waals surface area contributed by atoms with E-state index >= 15 is 0 Å². The van der Waals surface area contributed by atoms with Gasteiger partial charge in [0.1, 0.15) is 5.75 Å². The van der Waals surface area contributed by atoms with Crippen molar-refractivity contribution in [3.63, 3.8) is 0 Å². The Balaban J connectivity index is 3.70. The SMILES string of the molecule is NS(=O)(=O)c1c(O)cc(F)c(F)c1F. The molecule has 0 aromatic heterocycles. The van der Waals surface area contributed by atoms with Crippen molar-refractivity contribution in [2.75, 3.05) is 0 Å². The van der Waals surface area contributed by atoms with Gasteiger partial charge in [0.05, 0.1) is 0 Å². The van der Waals surface area contributed by atoms with Gasteiger partial charge in [-0.1, -0.05) is 0 Å². The number of hydrogen-bond donors (Lipinski definition) is 2. The Morgan fingerprint density at radius 1 is 1.21 bits per heavy atom. The molecule has 0 bridgehead atoms. The van der Waals surface area contributed by atoms with E-state index in [1.54, 1.807) is 0 Å². The lowest BCUT2D eigenvalue weighted by molar-refractivity contribution is 0.395. The van der Waals surface area contributed by atoms with Crippen LogP contribution >= 0.6 is 0 Å². The third kappa shape index (κ3) is 1.66. The van der Waals surface area contributed by atoms with Crippen LogP contribution < -0.4 is 5.14 Å². The molecular weight excluding hydrogens is 223 g/mol. The number of primary sulfonamides is 1. The molecule has 0 saturated heterocycles. The van der Waals surface area contributed by atoms with Crippen LogP contribution in [0.3, 0.4) is 0 Å². The lowest BCUT2D eigenvalue weighted by Crippen LogP contribution is -2.15. The molecule has 0 radical (unpaired) electrons. The maximum absolute atomic E-state index is 12.8. The molecule has 0 heterocycles. The Bertz CT molecular complexity index is 486. The van der Waals surface area contributed by atoms with Crippen molar-refractivity contribution in [3.05, 3.63) is 23.5 Å². The predicted octanol–water partition coefficient (Wildman–Crippen LogP) is 0.457. The van der Waals surface area contributed by atoms with Gasteiger partial charge in [-0.25, -0.2) is 26.7 Å². The lowest BCUT2D eigenvalue weighted by atomic mass is 10.3. The summed E-state index contributed by atoms with van der Waals surface area (Å²) in [7, 11) is -4.64. The summed E-state index contributed by atoms with van der Waals surface area (Å²) in [6.07, 6.45) is 0. The Morgan fingerprint density at radius 2 is 1.71 bits per heavy atom. The number of halogens is 3. The minimum atomic E-state index is -4.64. The summed E-state index contributed by atoms with van der Waals surface area (Å²) in [5.41, 5.74) is 0. The van der Waals surface area contributed by atoms with Gasteiger partial charge in [0.25, 0.3) is 0 Å². The van der Waals surface area contributed by atoms with Crippen molar-refractivity contribution in [2.24, 2.45) is 5.14 Å². The first kappa shape index (κ1) is 10.8. The minimum absolute atomic E-state index is 0.123. The summed E-state index contributed by atoms with van der Waals surface area (Å²) in [6.45, 7) is 0. The fourth-order valence-corrected chi connectivity index (χ4v) is 1.53. The maximum Gasteiger partial charge on any atom is 0.244 e. The van der Waals surface area contributed by atoms with E-state index in [2.05, 4.69) is 5.14 Å². The Labute approximate surface area is 76.8 Å². The van der Waals surface area contributed by atoms with Gasteiger partial charge in [-0.3, -0.25) is 0 Å². The van der Waals surface area contributed by atoms with Crippen LogP contribution in [0.1, 0.15) is 0 Å². The van der Waals surface area contributed by atoms with E-state index in [-0.39, 0.29) is 6.07 Å². The molecule has 4 nitrogen and oxygen atoms in total. The van der Waals surface area contributed by atoms with E-state index in [0.717, 1.165) is 0 Å². The van der Waals surface area contributed by atoms with E-state index in [9.17, 15) is 21.6 Å². The highest BCUT2D eigenvalue weighted by molar-refractivity contribution is 7.89. The normalized spacial score (nSPS) is 11.7. The molecule has 78 valence electrons. The van der Waals surface area contributed by atoms with Crippen LogP contribution in [-0.2, 0) is 10.0 Å². The molecule has 0 aliphatic carbocycles. The van der Waals surface area contributed by atoms with Gasteiger partial charge in [0, 0.05) is 6.07 Å². The summed E-state index contributed by atoms with van der Waals surface area (Å²) in [5.74, 6) is -7.02. The van der Waals surface area contributed by atoms with E-state index < -0.39 is 38.1 Å². The molecule has 1 rings (SSSR count). The van der Waals surface area contributed by atoms with Crippen LogP contribution in [0.4, 0.5) is 13.2 Å². The van der Waals surface area contributed by atoms with Crippen molar-refractivity contribution in [2.45, 2.75) is 4.90 Å². The van der Waals surface area contributed by atoms with E-state index in [1.807, 2.05) is 0 Å². The van der Waals surface area contributed by atoms with Gasteiger partial charge in [-0.05, 0) is 0 Å². The first-order valence-corrected chi connectivity index (χ1v) is 4.69. The monoisotopic (exact) mass is 227 g/mol. The lowest BCUT2D eigenvalue weighted by Gasteiger charge is -2.04. The molecule has 0 saturated carbocycles. The molecule has 3 N–H and O–H groups in total. The average Bonchev–Trinajstić information content (AvgIpc) is 1.97. The van der Waals surface area contributed by atoms with Crippen LogP contribution in [0, 0.1) is 17.5 Å². The second-order valence-electron chi connectivity index (χ2n) is 2.38. The standard InChI is InChI=1S/C6H4F3NO3S/c7-2-1-3(11)6(14(10,12)13)5(9)4(2)8/h1,11H,(H2,10,12,13). The van der Waals surface area contributed by atoms with E-state index in [1.165, 1.54) is 0 Å². The van der Waals surface area contributed by atoms with Crippen molar-refractivity contribution in [1.29, 1.82) is 0 Å². The largest absolute Gasteiger partial charge is 0.506 e. The first-order chi connectivity index (χ1) is 6.25. The van der Waals surface area contributed by atoms with Crippen molar-refractivity contribution in [3.8, 4) is 5.75 Å². The van der Waals surface area contributed by atoms with E-state index in [4.69, 9.17) is 5.11 Å². The smallest absolute Gasteiger partial charge is 0.244 e. The van der Waals surface area contributed by atoms with Gasteiger partial charge in [0.15, 0.2) is 22.3 Å². The Kier molecular flexibility index (Phi) is 2.42. The third-order valence-corrected chi connectivity index (χ3v) is 2.34.